The van der Waals surface area contributed by atoms with Crippen molar-refractivity contribution in [3.8, 4) is 0 Å². The van der Waals surface area contributed by atoms with E-state index in [0.29, 0.717) is 15.6 Å². The molecule has 1 aromatic carbocycles. The quantitative estimate of drug-likeness (QED) is 0.590. The largest absolute Gasteiger partial charge is 0.289 e. The summed E-state index contributed by atoms with van der Waals surface area (Å²) in [4.78, 5) is 11.9. The van der Waals surface area contributed by atoms with E-state index in [9.17, 15) is 4.79 Å². The molecule has 1 heterocycles. The van der Waals surface area contributed by atoms with Crippen LogP contribution >= 0.6 is 46.7 Å². The highest BCUT2D eigenvalue weighted by Gasteiger charge is 2.13. The normalized spacial score (nSPS) is 15.2. The van der Waals surface area contributed by atoms with Crippen molar-refractivity contribution in [2.24, 2.45) is 0 Å². The van der Waals surface area contributed by atoms with Gasteiger partial charge in [-0.25, -0.2) is 0 Å². The maximum Gasteiger partial charge on any atom is 0.188 e. The minimum absolute atomic E-state index is 0.0569. The molecule has 0 atom stereocenters. The fraction of sp³-hybridized carbons (Fsp3) is 0.182. The number of halogens is 2. The van der Waals surface area contributed by atoms with E-state index in [1.165, 1.54) is 0 Å². The van der Waals surface area contributed by atoms with E-state index in [0.717, 1.165) is 15.7 Å². The van der Waals surface area contributed by atoms with Gasteiger partial charge in [-0.05, 0) is 18.2 Å². The lowest BCUT2D eigenvalue weighted by Gasteiger charge is -2.01. The third kappa shape index (κ3) is 2.98. The predicted octanol–water partition coefficient (Wildman–Crippen LogP) is 4.50. The summed E-state index contributed by atoms with van der Waals surface area (Å²) in [5.74, 6) is 2.08. The van der Waals surface area contributed by atoms with Crippen LogP contribution in [0.4, 0.5) is 0 Å². The molecule has 2 rings (SSSR count). The van der Waals surface area contributed by atoms with Crippen molar-refractivity contribution in [2.75, 3.05) is 11.5 Å². The Labute approximate surface area is 113 Å². The third-order valence-electron chi connectivity index (χ3n) is 2.02. The Morgan fingerprint density at radius 1 is 1.25 bits per heavy atom. The van der Waals surface area contributed by atoms with Crippen molar-refractivity contribution in [2.45, 2.75) is 0 Å². The minimum atomic E-state index is -0.0569. The summed E-state index contributed by atoms with van der Waals surface area (Å²) < 4.78 is 1.07. The van der Waals surface area contributed by atoms with Crippen molar-refractivity contribution in [3.05, 3.63) is 44.1 Å². The minimum Gasteiger partial charge on any atom is -0.289 e. The van der Waals surface area contributed by atoms with E-state index in [1.807, 2.05) is 0 Å². The molecule has 1 aromatic rings. The molecule has 16 heavy (non-hydrogen) atoms. The molecule has 0 amide bonds. The van der Waals surface area contributed by atoms with Gasteiger partial charge in [0.25, 0.3) is 0 Å². The zero-order valence-corrected chi connectivity index (χ0v) is 11.3. The summed E-state index contributed by atoms with van der Waals surface area (Å²) >= 11 is 15.2. The number of carbonyl (C=O) groups is 1. The molecular formula is C11H8Cl2OS2. The summed E-state index contributed by atoms with van der Waals surface area (Å²) in [5, 5.41) is 0.946. The first-order valence-electron chi connectivity index (χ1n) is 4.63. The van der Waals surface area contributed by atoms with E-state index in [4.69, 9.17) is 23.2 Å². The molecule has 0 radical (unpaired) electrons. The van der Waals surface area contributed by atoms with Gasteiger partial charge in [-0.2, -0.15) is 0 Å². The number of allylic oxidation sites excluding steroid dienone is 1. The topological polar surface area (TPSA) is 17.1 Å². The fourth-order valence-corrected chi connectivity index (χ4v) is 4.07. The first kappa shape index (κ1) is 12.4. The molecule has 0 saturated carbocycles. The van der Waals surface area contributed by atoms with Gasteiger partial charge < -0.3 is 0 Å². The second kappa shape index (κ2) is 5.50. The molecule has 0 unspecified atom stereocenters. The van der Waals surface area contributed by atoms with E-state index < -0.39 is 0 Å². The lowest BCUT2D eigenvalue weighted by Crippen LogP contribution is -1.95. The van der Waals surface area contributed by atoms with E-state index in [2.05, 4.69) is 0 Å². The molecular weight excluding hydrogens is 283 g/mol. The van der Waals surface area contributed by atoms with Crippen LogP contribution in [0.3, 0.4) is 0 Å². The SMILES string of the molecule is O=C(C=C1SCCS1)c1ccc(Cl)cc1Cl. The van der Waals surface area contributed by atoms with Crippen LogP contribution in [0.1, 0.15) is 10.4 Å². The van der Waals surface area contributed by atoms with Gasteiger partial charge in [0.2, 0.25) is 0 Å². The Kier molecular flexibility index (Phi) is 4.25. The number of rotatable bonds is 2. The number of hydrogen-bond donors (Lipinski definition) is 0. The van der Waals surface area contributed by atoms with Gasteiger partial charge in [-0.1, -0.05) is 23.2 Å². The second-order valence-corrected chi connectivity index (χ2v) is 6.52. The van der Waals surface area contributed by atoms with Crippen molar-refractivity contribution < 1.29 is 4.79 Å². The van der Waals surface area contributed by atoms with Crippen molar-refractivity contribution >= 4 is 52.5 Å². The Morgan fingerprint density at radius 2 is 1.94 bits per heavy atom. The molecule has 0 aliphatic carbocycles. The highest BCUT2D eigenvalue weighted by molar-refractivity contribution is 8.25. The second-order valence-electron chi connectivity index (χ2n) is 3.15. The summed E-state index contributed by atoms with van der Waals surface area (Å²) in [6, 6.07) is 4.92. The summed E-state index contributed by atoms with van der Waals surface area (Å²) in [6.45, 7) is 0. The van der Waals surface area contributed by atoms with E-state index in [1.54, 1.807) is 47.8 Å². The summed E-state index contributed by atoms with van der Waals surface area (Å²) in [7, 11) is 0. The number of hydrogen-bond acceptors (Lipinski definition) is 3. The first-order chi connectivity index (χ1) is 7.66. The molecule has 1 nitrogen and oxygen atoms in total. The van der Waals surface area contributed by atoms with Crippen LogP contribution < -0.4 is 0 Å². The number of ketones is 1. The zero-order valence-electron chi connectivity index (χ0n) is 8.20. The molecule has 5 heteroatoms. The van der Waals surface area contributed by atoms with E-state index in [-0.39, 0.29) is 5.78 Å². The third-order valence-corrected chi connectivity index (χ3v) is 5.15. The Balaban J connectivity index is 2.23. The molecule has 0 aromatic heterocycles. The van der Waals surface area contributed by atoms with Crippen LogP contribution in [0.25, 0.3) is 0 Å². The van der Waals surface area contributed by atoms with E-state index >= 15 is 0 Å². The van der Waals surface area contributed by atoms with Crippen LogP contribution in [0, 0.1) is 0 Å². The summed E-state index contributed by atoms with van der Waals surface area (Å²) in [5.41, 5.74) is 0.506. The van der Waals surface area contributed by atoms with Gasteiger partial charge in [-0.3, -0.25) is 4.79 Å². The van der Waals surface area contributed by atoms with Crippen LogP contribution in [0.5, 0.6) is 0 Å². The highest BCUT2D eigenvalue weighted by atomic mass is 35.5. The smallest absolute Gasteiger partial charge is 0.188 e. The van der Waals surface area contributed by atoms with Crippen LogP contribution in [-0.4, -0.2) is 17.3 Å². The molecule has 0 spiro atoms. The molecule has 0 N–H and O–H groups in total. The average Bonchev–Trinajstić information content (AvgIpc) is 2.70. The number of carbonyl (C=O) groups excluding carboxylic acids is 1. The molecule has 1 aliphatic heterocycles. The van der Waals surface area contributed by atoms with Crippen molar-refractivity contribution in [3.63, 3.8) is 0 Å². The van der Waals surface area contributed by atoms with Crippen LogP contribution in [-0.2, 0) is 0 Å². The van der Waals surface area contributed by atoms with Crippen molar-refractivity contribution in [1.29, 1.82) is 0 Å². The average molecular weight is 291 g/mol. The van der Waals surface area contributed by atoms with Gasteiger partial charge in [0, 0.05) is 32.4 Å². The molecule has 1 saturated heterocycles. The lowest BCUT2D eigenvalue weighted by atomic mass is 10.1. The Morgan fingerprint density at radius 3 is 2.56 bits per heavy atom. The lowest BCUT2D eigenvalue weighted by molar-refractivity contribution is 0.104. The highest BCUT2D eigenvalue weighted by Crippen LogP contribution is 2.36. The molecule has 1 aliphatic rings. The van der Waals surface area contributed by atoms with Gasteiger partial charge in [-0.15, -0.1) is 23.5 Å². The van der Waals surface area contributed by atoms with Gasteiger partial charge >= 0.3 is 0 Å². The van der Waals surface area contributed by atoms with Gasteiger partial charge in [0.1, 0.15) is 0 Å². The van der Waals surface area contributed by atoms with Gasteiger partial charge in [0.05, 0.1) is 5.02 Å². The molecule has 0 bridgehead atoms. The van der Waals surface area contributed by atoms with Crippen molar-refractivity contribution in [1.82, 2.24) is 0 Å². The number of benzene rings is 1. The molecule has 84 valence electrons. The maximum absolute atomic E-state index is 11.9. The monoisotopic (exact) mass is 290 g/mol. The Hall–Kier alpha value is -0.0900. The molecule has 1 fully saturated rings. The fourth-order valence-electron chi connectivity index (χ4n) is 1.28. The Bertz CT molecular complexity index is 449. The van der Waals surface area contributed by atoms with Gasteiger partial charge in [0.15, 0.2) is 5.78 Å². The first-order valence-corrected chi connectivity index (χ1v) is 7.36. The standard InChI is InChI=1S/C11H8Cl2OS2/c12-7-1-2-8(9(13)5-7)10(14)6-11-15-3-4-16-11/h1-2,5-6H,3-4H2. The predicted molar refractivity (Wildman–Crippen MR) is 73.8 cm³/mol. The zero-order chi connectivity index (χ0) is 11.5. The summed E-state index contributed by atoms with van der Waals surface area (Å²) in [6.07, 6.45) is 1.65. The number of thioether (sulfide) groups is 2. The van der Waals surface area contributed by atoms with Crippen LogP contribution in [0.2, 0.25) is 10.0 Å². The van der Waals surface area contributed by atoms with Crippen LogP contribution in [0.15, 0.2) is 28.5 Å². The maximum atomic E-state index is 11.9.